The third kappa shape index (κ3) is 4.03. The Morgan fingerprint density at radius 1 is 1.17 bits per heavy atom. The third-order valence-corrected chi connectivity index (χ3v) is 7.00. The van der Waals surface area contributed by atoms with Crippen LogP contribution in [0.25, 0.3) is 11.3 Å². The van der Waals surface area contributed by atoms with Gasteiger partial charge >= 0.3 is 0 Å². The van der Waals surface area contributed by atoms with E-state index in [4.69, 9.17) is 0 Å². The van der Waals surface area contributed by atoms with Gasteiger partial charge in [0.1, 0.15) is 4.21 Å². The Bertz CT molecular complexity index is 886. The zero-order valence-electron chi connectivity index (χ0n) is 12.4. The smallest absolute Gasteiger partial charge is 0.250 e. The van der Waals surface area contributed by atoms with Gasteiger partial charge in [0.2, 0.25) is 10.0 Å². The van der Waals surface area contributed by atoms with Gasteiger partial charge in [-0.1, -0.05) is 0 Å². The number of rotatable bonds is 6. The molecule has 0 aromatic carbocycles. The van der Waals surface area contributed by atoms with Crippen LogP contribution in [-0.4, -0.2) is 24.9 Å². The Morgan fingerprint density at radius 2 is 1.96 bits per heavy atom. The fraction of sp³-hybridized carbons (Fsp3) is 0.200. The van der Waals surface area contributed by atoms with Gasteiger partial charge in [-0.25, -0.2) is 18.1 Å². The van der Waals surface area contributed by atoms with Crippen molar-refractivity contribution >= 4 is 32.7 Å². The van der Waals surface area contributed by atoms with Crippen molar-refractivity contribution in [2.24, 2.45) is 0 Å². The predicted octanol–water partition coefficient (Wildman–Crippen LogP) is 3.10. The Kier molecular flexibility index (Phi) is 4.86. The van der Waals surface area contributed by atoms with E-state index in [-0.39, 0.29) is 0 Å². The monoisotopic (exact) mass is 365 g/mol. The number of aryl methyl sites for hydroxylation is 1. The summed E-state index contributed by atoms with van der Waals surface area (Å²) in [6.45, 7) is 2.22. The molecule has 8 heteroatoms. The SMILES string of the molecule is Cc1ccc(S(=O)(=O)NCCc2nc(-c3ccncc3)cs2)s1. The molecule has 3 heterocycles. The maximum absolute atomic E-state index is 12.1. The maximum atomic E-state index is 12.1. The molecule has 0 aliphatic carbocycles. The minimum Gasteiger partial charge on any atom is -0.265 e. The topological polar surface area (TPSA) is 72.0 Å². The first-order valence-corrected chi connectivity index (χ1v) is 10.1. The Balaban J connectivity index is 1.60. The number of hydrogen-bond donors (Lipinski definition) is 1. The summed E-state index contributed by atoms with van der Waals surface area (Å²) in [6.07, 6.45) is 4.02. The number of sulfonamides is 1. The highest BCUT2D eigenvalue weighted by Gasteiger charge is 2.15. The summed E-state index contributed by atoms with van der Waals surface area (Å²) in [5.74, 6) is 0. The molecule has 3 aromatic heterocycles. The van der Waals surface area contributed by atoms with Gasteiger partial charge in [-0.05, 0) is 31.2 Å². The van der Waals surface area contributed by atoms with E-state index >= 15 is 0 Å². The summed E-state index contributed by atoms with van der Waals surface area (Å²) < 4.78 is 27.3. The van der Waals surface area contributed by atoms with Crippen LogP contribution in [0.15, 0.2) is 46.2 Å². The van der Waals surface area contributed by atoms with Crippen LogP contribution in [-0.2, 0) is 16.4 Å². The highest BCUT2D eigenvalue weighted by molar-refractivity contribution is 7.91. The van der Waals surface area contributed by atoms with Crippen molar-refractivity contribution in [2.75, 3.05) is 6.54 Å². The van der Waals surface area contributed by atoms with E-state index in [0.717, 1.165) is 21.1 Å². The van der Waals surface area contributed by atoms with Gasteiger partial charge in [0, 0.05) is 41.2 Å². The van der Waals surface area contributed by atoms with Gasteiger partial charge in [-0.15, -0.1) is 22.7 Å². The van der Waals surface area contributed by atoms with Crippen molar-refractivity contribution in [1.82, 2.24) is 14.7 Å². The van der Waals surface area contributed by atoms with Gasteiger partial charge in [-0.3, -0.25) is 4.98 Å². The molecule has 0 radical (unpaired) electrons. The molecule has 0 saturated heterocycles. The summed E-state index contributed by atoms with van der Waals surface area (Å²) in [7, 11) is -3.42. The molecule has 0 aliphatic heterocycles. The first-order chi connectivity index (χ1) is 11.0. The number of nitrogens with one attached hydrogen (secondary N) is 1. The number of thiazole rings is 1. The van der Waals surface area contributed by atoms with E-state index in [1.165, 1.54) is 22.7 Å². The van der Waals surface area contributed by atoms with Crippen molar-refractivity contribution in [3.8, 4) is 11.3 Å². The normalized spacial score (nSPS) is 11.7. The van der Waals surface area contributed by atoms with Crippen LogP contribution in [0, 0.1) is 6.92 Å². The molecule has 0 bridgehead atoms. The Labute approximate surface area is 143 Å². The highest BCUT2D eigenvalue weighted by Crippen LogP contribution is 2.22. The molecular formula is C15H15N3O2S3. The number of nitrogens with zero attached hydrogens (tertiary/aromatic N) is 2. The molecule has 0 unspecified atom stereocenters. The lowest BCUT2D eigenvalue weighted by Crippen LogP contribution is -2.25. The van der Waals surface area contributed by atoms with Crippen LogP contribution < -0.4 is 4.72 Å². The average molecular weight is 366 g/mol. The number of pyridine rings is 1. The predicted molar refractivity (Wildman–Crippen MR) is 93.3 cm³/mol. The molecule has 0 amide bonds. The lowest BCUT2D eigenvalue weighted by Gasteiger charge is -2.03. The molecule has 23 heavy (non-hydrogen) atoms. The minimum atomic E-state index is -3.42. The highest BCUT2D eigenvalue weighted by atomic mass is 32.2. The number of hydrogen-bond acceptors (Lipinski definition) is 6. The lowest BCUT2D eigenvalue weighted by molar-refractivity contribution is 0.583. The van der Waals surface area contributed by atoms with E-state index in [0.29, 0.717) is 17.2 Å². The van der Waals surface area contributed by atoms with E-state index < -0.39 is 10.0 Å². The van der Waals surface area contributed by atoms with Crippen LogP contribution in [0.4, 0.5) is 0 Å². The van der Waals surface area contributed by atoms with Crippen LogP contribution in [0.1, 0.15) is 9.88 Å². The Morgan fingerprint density at radius 3 is 2.65 bits per heavy atom. The molecule has 3 rings (SSSR count). The first-order valence-electron chi connectivity index (χ1n) is 6.95. The second kappa shape index (κ2) is 6.88. The average Bonchev–Trinajstić information content (AvgIpc) is 3.17. The van der Waals surface area contributed by atoms with Crippen molar-refractivity contribution < 1.29 is 8.42 Å². The van der Waals surface area contributed by atoms with Crippen molar-refractivity contribution in [3.05, 3.63) is 51.9 Å². The quantitative estimate of drug-likeness (QED) is 0.728. The molecule has 0 atom stereocenters. The van der Waals surface area contributed by atoms with E-state index in [2.05, 4.69) is 14.7 Å². The third-order valence-electron chi connectivity index (χ3n) is 3.14. The van der Waals surface area contributed by atoms with Gasteiger partial charge in [0.25, 0.3) is 0 Å². The zero-order chi connectivity index (χ0) is 16.3. The second-order valence-corrected chi connectivity index (χ2v) is 9.10. The molecular weight excluding hydrogens is 350 g/mol. The van der Waals surface area contributed by atoms with E-state index in [9.17, 15) is 8.42 Å². The fourth-order valence-electron chi connectivity index (χ4n) is 2.00. The van der Waals surface area contributed by atoms with Crippen molar-refractivity contribution in [2.45, 2.75) is 17.6 Å². The molecule has 0 spiro atoms. The number of aromatic nitrogens is 2. The summed E-state index contributed by atoms with van der Waals surface area (Å²) in [6, 6.07) is 7.25. The number of thiophene rings is 1. The molecule has 1 N–H and O–H groups in total. The molecule has 5 nitrogen and oxygen atoms in total. The zero-order valence-corrected chi connectivity index (χ0v) is 14.8. The summed E-state index contributed by atoms with van der Waals surface area (Å²) >= 11 is 2.80. The molecule has 0 saturated carbocycles. The van der Waals surface area contributed by atoms with Gasteiger partial charge < -0.3 is 0 Å². The summed E-state index contributed by atoms with van der Waals surface area (Å²) in [5.41, 5.74) is 1.90. The summed E-state index contributed by atoms with van der Waals surface area (Å²) in [5, 5.41) is 2.88. The largest absolute Gasteiger partial charge is 0.265 e. The second-order valence-electron chi connectivity index (χ2n) is 4.88. The van der Waals surface area contributed by atoms with Gasteiger partial charge in [-0.2, -0.15) is 0 Å². The Hall–Kier alpha value is -1.61. The lowest BCUT2D eigenvalue weighted by atomic mass is 10.2. The standard InChI is InChI=1S/C15H15N3O2S3/c1-11-2-3-15(22-11)23(19,20)17-9-6-14-18-13(10-21-14)12-4-7-16-8-5-12/h2-5,7-8,10,17H,6,9H2,1H3. The molecule has 120 valence electrons. The molecule has 3 aromatic rings. The first kappa shape index (κ1) is 16.3. The fourth-order valence-corrected chi connectivity index (χ4v) is 5.17. The van der Waals surface area contributed by atoms with Crippen LogP contribution in [0.2, 0.25) is 0 Å². The van der Waals surface area contributed by atoms with E-state index in [1.54, 1.807) is 24.5 Å². The summed E-state index contributed by atoms with van der Waals surface area (Å²) in [4.78, 5) is 9.50. The van der Waals surface area contributed by atoms with Crippen molar-refractivity contribution in [3.63, 3.8) is 0 Å². The van der Waals surface area contributed by atoms with Crippen molar-refractivity contribution in [1.29, 1.82) is 0 Å². The van der Waals surface area contributed by atoms with Crippen LogP contribution >= 0.6 is 22.7 Å². The molecule has 0 aliphatic rings. The van der Waals surface area contributed by atoms with Gasteiger partial charge in [0.15, 0.2) is 0 Å². The molecule has 0 fully saturated rings. The van der Waals surface area contributed by atoms with Crippen LogP contribution in [0.3, 0.4) is 0 Å². The van der Waals surface area contributed by atoms with E-state index in [1.807, 2.05) is 24.4 Å². The van der Waals surface area contributed by atoms with Gasteiger partial charge in [0.05, 0.1) is 10.7 Å². The minimum absolute atomic E-state index is 0.336. The maximum Gasteiger partial charge on any atom is 0.250 e. The van der Waals surface area contributed by atoms with Crippen LogP contribution in [0.5, 0.6) is 0 Å².